The molecule has 0 rings (SSSR count). The van der Waals surface area contributed by atoms with E-state index in [1.165, 1.54) is 11.4 Å². The normalized spacial score (nSPS) is 16.4. The zero-order chi connectivity index (χ0) is 9.61. The van der Waals surface area contributed by atoms with E-state index in [-0.39, 0.29) is 0 Å². The van der Waals surface area contributed by atoms with E-state index in [1.807, 2.05) is 0 Å². The van der Waals surface area contributed by atoms with Crippen LogP contribution in [0.5, 0.6) is 0 Å². The van der Waals surface area contributed by atoms with Crippen molar-refractivity contribution in [3.63, 3.8) is 0 Å². The summed E-state index contributed by atoms with van der Waals surface area (Å²) in [6.45, 7) is 3.48. The summed E-state index contributed by atoms with van der Waals surface area (Å²) >= 11 is 1.28. The maximum absolute atomic E-state index is 11.5. The number of nitrogens with two attached hydrogens (primary N) is 1. The Morgan fingerprint density at radius 1 is 1.42 bits per heavy atom. The van der Waals surface area contributed by atoms with Gasteiger partial charge in [0.15, 0.2) is 0 Å². The molecule has 0 aliphatic heterocycles. The summed E-state index contributed by atoms with van der Waals surface area (Å²) in [5, 5.41) is 0.354. The van der Waals surface area contributed by atoms with Crippen molar-refractivity contribution in [2.45, 2.75) is 38.9 Å². The Bertz CT molecular complexity index is 161. The Morgan fingerprint density at radius 2 is 1.92 bits per heavy atom. The molecule has 0 aliphatic rings. The molecule has 0 aromatic carbocycles. The summed E-state index contributed by atoms with van der Waals surface area (Å²) in [6.07, 6.45) is 1.96. The van der Waals surface area contributed by atoms with E-state index in [9.17, 15) is 4.57 Å². The van der Waals surface area contributed by atoms with Gasteiger partial charge in [-0.3, -0.25) is 10.1 Å². The van der Waals surface area contributed by atoms with Crippen molar-refractivity contribution in [3.05, 3.63) is 0 Å². The fourth-order valence-electron chi connectivity index (χ4n) is 0.856. The zero-order valence-electron chi connectivity index (χ0n) is 7.95. The molecule has 0 fully saturated rings. The highest BCUT2D eigenvalue weighted by atomic mass is 32.7. The molecule has 0 spiro atoms. The van der Waals surface area contributed by atoms with Crippen molar-refractivity contribution in [3.8, 4) is 0 Å². The first kappa shape index (κ1) is 12.5. The molecule has 0 amide bonds. The summed E-state index contributed by atoms with van der Waals surface area (Å²) in [6, 6.07) is 0. The monoisotopic (exact) mass is 211 g/mol. The van der Waals surface area contributed by atoms with Crippen LogP contribution in [0.15, 0.2) is 0 Å². The van der Waals surface area contributed by atoms with Crippen LogP contribution in [0, 0.1) is 0 Å². The average Bonchev–Trinajstić information content (AvgIpc) is 2.00. The Kier molecular flexibility index (Phi) is 6.28. The molecule has 74 valence electrons. The molecule has 0 aliphatic carbocycles. The lowest BCUT2D eigenvalue weighted by atomic mass is 10.3. The minimum absolute atomic E-state index is 0.354. The van der Waals surface area contributed by atoms with Gasteiger partial charge in [0.25, 0.3) is 0 Å². The smallest absolute Gasteiger partial charge is 0.310 e. The zero-order valence-corrected chi connectivity index (χ0v) is 9.66. The van der Waals surface area contributed by atoms with Crippen molar-refractivity contribution >= 4 is 18.1 Å². The molecule has 0 radical (unpaired) electrons. The minimum atomic E-state index is -2.87. The highest BCUT2D eigenvalue weighted by Crippen LogP contribution is 2.55. The third-order valence-corrected chi connectivity index (χ3v) is 5.48. The van der Waals surface area contributed by atoms with Crippen LogP contribution in [0.2, 0.25) is 0 Å². The van der Waals surface area contributed by atoms with Crippen LogP contribution in [0.4, 0.5) is 0 Å². The van der Waals surface area contributed by atoms with E-state index in [2.05, 4.69) is 13.8 Å². The summed E-state index contributed by atoms with van der Waals surface area (Å²) in [7, 11) is 0. The van der Waals surface area contributed by atoms with Gasteiger partial charge in [-0.15, -0.1) is 0 Å². The molecule has 1 atom stereocenters. The van der Waals surface area contributed by atoms with Crippen LogP contribution in [0.25, 0.3) is 0 Å². The molecule has 1 unspecified atom stereocenters. The molecule has 0 aromatic rings. The van der Waals surface area contributed by atoms with Gasteiger partial charge in [-0.05, 0) is 19.8 Å². The predicted octanol–water partition coefficient (Wildman–Crippen LogP) is 3.01. The van der Waals surface area contributed by atoms with Crippen LogP contribution in [0.3, 0.4) is 0 Å². The lowest BCUT2D eigenvalue weighted by Crippen LogP contribution is -2.03. The maximum atomic E-state index is 11.5. The summed E-state index contributed by atoms with van der Waals surface area (Å²) in [5.74, 6) is 0. The molecule has 5 heteroatoms. The lowest BCUT2D eigenvalue weighted by Gasteiger charge is -2.16. The first-order valence-electron chi connectivity index (χ1n) is 4.27. The van der Waals surface area contributed by atoms with Gasteiger partial charge in [-0.25, -0.2) is 0 Å². The van der Waals surface area contributed by atoms with Crippen LogP contribution >= 0.6 is 18.1 Å². The quantitative estimate of drug-likeness (QED) is 0.686. The highest BCUT2D eigenvalue weighted by molar-refractivity contribution is 8.56. The van der Waals surface area contributed by atoms with Crippen molar-refractivity contribution < 1.29 is 9.09 Å². The second kappa shape index (κ2) is 6.03. The van der Waals surface area contributed by atoms with Crippen LogP contribution in [-0.4, -0.2) is 11.9 Å². The number of rotatable bonds is 6. The van der Waals surface area contributed by atoms with E-state index in [0.29, 0.717) is 11.9 Å². The van der Waals surface area contributed by atoms with Crippen LogP contribution in [0.1, 0.15) is 33.6 Å². The molecule has 0 heterocycles. The molecule has 0 saturated carbocycles. The minimum Gasteiger partial charge on any atom is -0.310 e. The van der Waals surface area contributed by atoms with E-state index < -0.39 is 6.72 Å². The number of hydrogen-bond acceptors (Lipinski definition) is 3. The average molecular weight is 211 g/mol. The third-order valence-electron chi connectivity index (χ3n) is 1.52. The molecule has 3 nitrogen and oxygen atoms in total. The van der Waals surface area contributed by atoms with Crippen molar-refractivity contribution in [2.75, 3.05) is 6.61 Å². The van der Waals surface area contributed by atoms with Gasteiger partial charge in [0.2, 0.25) is 0 Å². The first-order chi connectivity index (χ1) is 5.55. The Morgan fingerprint density at radius 3 is 2.25 bits per heavy atom. The lowest BCUT2D eigenvalue weighted by molar-refractivity contribution is 0.346. The second-order valence-electron chi connectivity index (χ2n) is 2.50. The second-order valence-corrected chi connectivity index (χ2v) is 6.88. The fourth-order valence-corrected chi connectivity index (χ4v) is 4.63. The highest BCUT2D eigenvalue weighted by Gasteiger charge is 2.21. The molecular weight excluding hydrogens is 193 g/mol. The molecular formula is C7H18NO2PS. The number of hydrogen-bond donors (Lipinski definition) is 1. The van der Waals surface area contributed by atoms with Gasteiger partial charge in [0, 0.05) is 5.25 Å². The third kappa shape index (κ3) is 5.20. The standard InChI is InChI=1S/C7H18NO2PS/c1-4-7(5-2)12-11(8,9)10-6-3/h7H,4-6H2,1-3H3,(H2,8,9). The van der Waals surface area contributed by atoms with Crippen LogP contribution < -0.4 is 5.50 Å². The van der Waals surface area contributed by atoms with Gasteiger partial charge in [0.05, 0.1) is 6.61 Å². The van der Waals surface area contributed by atoms with Crippen molar-refractivity contribution in [1.82, 2.24) is 0 Å². The molecule has 0 saturated heterocycles. The van der Waals surface area contributed by atoms with E-state index >= 15 is 0 Å². The molecule has 12 heavy (non-hydrogen) atoms. The maximum Gasteiger partial charge on any atom is 0.324 e. The summed E-state index contributed by atoms with van der Waals surface area (Å²) < 4.78 is 16.4. The van der Waals surface area contributed by atoms with Crippen LogP contribution in [-0.2, 0) is 9.09 Å². The van der Waals surface area contributed by atoms with Gasteiger partial charge in [0.1, 0.15) is 0 Å². The Balaban J connectivity index is 3.94. The van der Waals surface area contributed by atoms with Gasteiger partial charge >= 0.3 is 6.72 Å². The fraction of sp³-hybridized carbons (Fsp3) is 1.00. The topological polar surface area (TPSA) is 52.3 Å². The summed E-state index contributed by atoms with van der Waals surface area (Å²) in [4.78, 5) is 0. The Labute approximate surface area is 78.7 Å². The summed E-state index contributed by atoms with van der Waals surface area (Å²) in [5.41, 5.74) is 5.48. The SMILES string of the molecule is CCOP(N)(=O)SC(CC)CC. The van der Waals surface area contributed by atoms with E-state index in [1.54, 1.807) is 6.92 Å². The molecule has 0 bridgehead atoms. The van der Waals surface area contributed by atoms with Gasteiger partial charge in [-0.2, -0.15) is 0 Å². The Hall–Kier alpha value is 0.500. The van der Waals surface area contributed by atoms with E-state index in [4.69, 9.17) is 10.0 Å². The molecule has 0 aromatic heterocycles. The van der Waals surface area contributed by atoms with Crippen molar-refractivity contribution in [2.24, 2.45) is 5.50 Å². The largest absolute Gasteiger partial charge is 0.324 e. The first-order valence-corrected chi connectivity index (χ1v) is 7.45. The molecule has 2 N–H and O–H groups in total. The van der Waals surface area contributed by atoms with Crippen molar-refractivity contribution in [1.29, 1.82) is 0 Å². The predicted molar refractivity (Wildman–Crippen MR) is 55.4 cm³/mol. The van der Waals surface area contributed by atoms with Gasteiger partial charge < -0.3 is 4.52 Å². The van der Waals surface area contributed by atoms with E-state index in [0.717, 1.165) is 12.8 Å². The van der Waals surface area contributed by atoms with Gasteiger partial charge in [-0.1, -0.05) is 25.2 Å².